The third-order valence-corrected chi connectivity index (χ3v) is 2.76. The molecule has 0 amide bonds. The predicted molar refractivity (Wildman–Crippen MR) is 74.4 cm³/mol. The summed E-state index contributed by atoms with van der Waals surface area (Å²) in [5.41, 5.74) is 0.680. The van der Waals surface area contributed by atoms with Crippen LogP contribution >= 0.6 is 0 Å². The van der Waals surface area contributed by atoms with Crippen molar-refractivity contribution in [3.8, 4) is 5.75 Å². The normalized spacial score (nSPS) is 10.1. The average molecular weight is 282 g/mol. The summed E-state index contributed by atoms with van der Waals surface area (Å²) in [7, 11) is 1.80. The standard InChI is InChI=1S/C13H18N2O5/c1-3-20-12-9-10(6-7-11(12)15(18)19)14(2)8-4-5-13(16)17/h6-7,9H,3-5,8H2,1-2H3,(H,16,17). The highest BCUT2D eigenvalue weighted by atomic mass is 16.6. The lowest BCUT2D eigenvalue weighted by Crippen LogP contribution is -2.19. The summed E-state index contributed by atoms with van der Waals surface area (Å²) in [6, 6.07) is 4.62. The molecule has 0 heterocycles. The molecule has 0 saturated carbocycles. The minimum absolute atomic E-state index is 0.0745. The van der Waals surface area contributed by atoms with Crippen LogP contribution in [0.5, 0.6) is 5.75 Å². The Kier molecular flexibility index (Phi) is 5.76. The predicted octanol–water partition coefficient (Wildman–Crippen LogP) is 2.29. The van der Waals surface area contributed by atoms with Crippen LogP contribution in [0.4, 0.5) is 11.4 Å². The fourth-order valence-electron chi connectivity index (χ4n) is 1.76. The van der Waals surface area contributed by atoms with Crippen molar-refractivity contribution in [2.24, 2.45) is 0 Å². The van der Waals surface area contributed by atoms with Crippen molar-refractivity contribution in [1.82, 2.24) is 0 Å². The van der Waals surface area contributed by atoms with Gasteiger partial charge in [0.05, 0.1) is 11.5 Å². The van der Waals surface area contributed by atoms with Crippen LogP contribution in [0, 0.1) is 10.1 Å². The SMILES string of the molecule is CCOc1cc(N(C)CCCC(=O)O)ccc1[N+](=O)[O-]. The van der Waals surface area contributed by atoms with Crippen molar-refractivity contribution in [1.29, 1.82) is 0 Å². The van der Waals surface area contributed by atoms with E-state index in [0.29, 0.717) is 19.6 Å². The zero-order valence-electron chi connectivity index (χ0n) is 11.5. The fourth-order valence-corrected chi connectivity index (χ4v) is 1.76. The summed E-state index contributed by atoms with van der Waals surface area (Å²) in [6.45, 7) is 2.65. The smallest absolute Gasteiger partial charge is 0.311 e. The van der Waals surface area contributed by atoms with Gasteiger partial charge in [-0.05, 0) is 19.4 Å². The molecule has 0 bridgehead atoms. The van der Waals surface area contributed by atoms with E-state index in [1.807, 2.05) is 4.90 Å². The first-order valence-corrected chi connectivity index (χ1v) is 6.30. The number of carboxylic acids is 1. The van der Waals surface area contributed by atoms with Gasteiger partial charge in [0.15, 0.2) is 5.75 Å². The molecule has 7 nitrogen and oxygen atoms in total. The van der Waals surface area contributed by atoms with E-state index in [1.165, 1.54) is 6.07 Å². The van der Waals surface area contributed by atoms with Gasteiger partial charge in [0, 0.05) is 37.8 Å². The van der Waals surface area contributed by atoms with Crippen LogP contribution in [0.2, 0.25) is 0 Å². The highest BCUT2D eigenvalue weighted by Gasteiger charge is 2.16. The van der Waals surface area contributed by atoms with E-state index >= 15 is 0 Å². The van der Waals surface area contributed by atoms with Crippen molar-refractivity contribution >= 4 is 17.3 Å². The van der Waals surface area contributed by atoms with Gasteiger partial charge in [0.1, 0.15) is 0 Å². The van der Waals surface area contributed by atoms with Crippen LogP contribution in [0.1, 0.15) is 19.8 Å². The maximum Gasteiger partial charge on any atom is 0.311 e. The number of carboxylic acid groups (broad SMARTS) is 1. The van der Waals surface area contributed by atoms with Gasteiger partial charge in [-0.25, -0.2) is 0 Å². The highest BCUT2D eigenvalue weighted by Crippen LogP contribution is 2.31. The number of aliphatic carboxylic acids is 1. The van der Waals surface area contributed by atoms with E-state index in [-0.39, 0.29) is 17.9 Å². The first kappa shape index (κ1) is 15.7. The molecule has 7 heteroatoms. The maximum atomic E-state index is 10.9. The number of nitro groups is 1. The number of benzene rings is 1. The molecule has 0 aromatic heterocycles. The Balaban J connectivity index is 2.82. The first-order chi connectivity index (χ1) is 9.45. The van der Waals surface area contributed by atoms with Gasteiger partial charge in [0.25, 0.3) is 0 Å². The molecule has 1 rings (SSSR count). The third kappa shape index (κ3) is 4.42. The minimum atomic E-state index is -0.836. The lowest BCUT2D eigenvalue weighted by molar-refractivity contribution is -0.385. The number of nitrogens with zero attached hydrogens (tertiary/aromatic N) is 2. The number of hydrogen-bond acceptors (Lipinski definition) is 5. The van der Waals surface area contributed by atoms with E-state index in [2.05, 4.69) is 0 Å². The molecule has 20 heavy (non-hydrogen) atoms. The highest BCUT2D eigenvalue weighted by molar-refractivity contribution is 5.66. The molecular weight excluding hydrogens is 264 g/mol. The summed E-state index contributed by atoms with van der Waals surface area (Å²) in [4.78, 5) is 22.7. The Hall–Kier alpha value is -2.31. The molecule has 110 valence electrons. The Morgan fingerprint density at radius 3 is 2.75 bits per heavy atom. The number of nitro benzene ring substituents is 1. The Labute approximate surface area is 116 Å². The zero-order chi connectivity index (χ0) is 15.1. The van der Waals surface area contributed by atoms with Gasteiger partial charge in [-0.3, -0.25) is 14.9 Å². The van der Waals surface area contributed by atoms with Gasteiger partial charge in [-0.15, -0.1) is 0 Å². The van der Waals surface area contributed by atoms with E-state index in [4.69, 9.17) is 9.84 Å². The van der Waals surface area contributed by atoms with Crippen LogP contribution in [0.15, 0.2) is 18.2 Å². The zero-order valence-corrected chi connectivity index (χ0v) is 11.5. The van der Waals surface area contributed by atoms with E-state index < -0.39 is 10.9 Å². The second-order valence-electron chi connectivity index (χ2n) is 4.26. The molecule has 1 N–H and O–H groups in total. The van der Waals surface area contributed by atoms with Crippen molar-refractivity contribution in [3.05, 3.63) is 28.3 Å². The monoisotopic (exact) mass is 282 g/mol. The lowest BCUT2D eigenvalue weighted by Gasteiger charge is -2.19. The molecule has 0 aliphatic heterocycles. The average Bonchev–Trinajstić information content (AvgIpc) is 2.38. The Morgan fingerprint density at radius 1 is 1.50 bits per heavy atom. The first-order valence-electron chi connectivity index (χ1n) is 6.30. The summed E-state index contributed by atoms with van der Waals surface area (Å²) in [5, 5.41) is 19.5. The maximum absolute atomic E-state index is 10.9. The lowest BCUT2D eigenvalue weighted by atomic mass is 10.2. The van der Waals surface area contributed by atoms with Gasteiger partial charge in [-0.1, -0.05) is 0 Å². The van der Waals surface area contributed by atoms with Crippen LogP contribution in [0.3, 0.4) is 0 Å². The Morgan fingerprint density at radius 2 is 2.20 bits per heavy atom. The van der Waals surface area contributed by atoms with E-state index in [9.17, 15) is 14.9 Å². The molecule has 0 fully saturated rings. The second-order valence-corrected chi connectivity index (χ2v) is 4.26. The fraction of sp³-hybridized carbons (Fsp3) is 0.462. The van der Waals surface area contributed by atoms with Crippen molar-refractivity contribution in [2.45, 2.75) is 19.8 Å². The van der Waals surface area contributed by atoms with Crippen molar-refractivity contribution < 1.29 is 19.6 Å². The Bertz CT molecular complexity index is 490. The molecule has 0 unspecified atom stereocenters. The molecule has 0 aliphatic rings. The summed E-state index contributed by atoms with van der Waals surface area (Å²) in [5.74, 6) is -0.614. The molecule has 0 atom stereocenters. The number of rotatable bonds is 8. The van der Waals surface area contributed by atoms with Gasteiger partial charge < -0.3 is 14.7 Å². The molecule has 0 spiro atoms. The minimum Gasteiger partial charge on any atom is -0.487 e. The summed E-state index contributed by atoms with van der Waals surface area (Å²) in [6.07, 6.45) is 0.600. The molecule has 1 aromatic carbocycles. The van der Waals surface area contributed by atoms with Gasteiger partial charge >= 0.3 is 11.7 Å². The summed E-state index contributed by atoms with van der Waals surface area (Å²) < 4.78 is 5.27. The molecule has 0 saturated heterocycles. The number of anilines is 1. The van der Waals surface area contributed by atoms with Crippen LogP contribution in [0.25, 0.3) is 0 Å². The molecule has 0 aliphatic carbocycles. The van der Waals surface area contributed by atoms with E-state index in [1.54, 1.807) is 26.1 Å². The number of ether oxygens (including phenoxy) is 1. The largest absolute Gasteiger partial charge is 0.487 e. The molecular formula is C13H18N2O5. The van der Waals surface area contributed by atoms with Crippen molar-refractivity contribution in [3.63, 3.8) is 0 Å². The van der Waals surface area contributed by atoms with Crippen LogP contribution < -0.4 is 9.64 Å². The quantitative estimate of drug-likeness (QED) is 0.581. The topological polar surface area (TPSA) is 92.9 Å². The number of hydrogen-bond donors (Lipinski definition) is 1. The third-order valence-electron chi connectivity index (χ3n) is 2.76. The van der Waals surface area contributed by atoms with Gasteiger partial charge in [-0.2, -0.15) is 0 Å². The van der Waals surface area contributed by atoms with Crippen LogP contribution in [-0.4, -0.2) is 36.2 Å². The van der Waals surface area contributed by atoms with Crippen LogP contribution in [-0.2, 0) is 4.79 Å². The molecule has 1 aromatic rings. The second kappa shape index (κ2) is 7.32. The van der Waals surface area contributed by atoms with Gasteiger partial charge in [0.2, 0.25) is 0 Å². The van der Waals surface area contributed by atoms with E-state index in [0.717, 1.165) is 5.69 Å². The van der Waals surface area contributed by atoms with Crippen molar-refractivity contribution in [2.75, 3.05) is 25.1 Å². The summed E-state index contributed by atoms with van der Waals surface area (Å²) >= 11 is 0. The molecule has 0 radical (unpaired) electrons. The number of carbonyl (C=O) groups is 1.